The van der Waals surface area contributed by atoms with Crippen molar-refractivity contribution in [2.75, 3.05) is 12.4 Å². The lowest BCUT2D eigenvalue weighted by atomic mass is 10.2. The minimum absolute atomic E-state index is 0.192. The van der Waals surface area contributed by atoms with Crippen LogP contribution >= 0.6 is 0 Å². The minimum Gasteiger partial charge on any atom is -0.417 e. The molecule has 120 valence electrons. The van der Waals surface area contributed by atoms with Gasteiger partial charge in [0.1, 0.15) is 0 Å². The molecule has 5 heteroatoms. The number of rotatable bonds is 7. The van der Waals surface area contributed by atoms with Gasteiger partial charge in [-0.25, -0.2) is 8.42 Å². The van der Waals surface area contributed by atoms with E-state index in [0.29, 0.717) is 17.9 Å². The van der Waals surface area contributed by atoms with E-state index >= 15 is 0 Å². The van der Waals surface area contributed by atoms with E-state index in [9.17, 15) is 8.42 Å². The van der Waals surface area contributed by atoms with Crippen molar-refractivity contribution in [3.05, 3.63) is 30.3 Å². The lowest BCUT2D eigenvalue weighted by molar-refractivity contribution is 0.281. The molecule has 0 amide bonds. The van der Waals surface area contributed by atoms with E-state index in [1.54, 1.807) is 24.3 Å². The van der Waals surface area contributed by atoms with E-state index in [4.69, 9.17) is 4.43 Å². The molecule has 0 aliphatic heterocycles. The zero-order chi connectivity index (χ0) is 16.1. The van der Waals surface area contributed by atoms with Crippen LogP contribution in [0.4, 0.5) is 0 Å². The highest BCUT2D eigenvalue weighted by atomic mass is 32.2. The molecule has 21 heavy (non-hydrogen) atoms. The molecular formula is C16H28O3SSi. The van der Waals surface area contributed by atoms with Gasteiger partial charge in [0.25, 0.3) is 0 Å². The molecule has 0 aromatic heterocycles. The van der Waals surface area contributed by atoms with Crippen molar-refractivity contribution < 1.29 is 12.8 Å². The largest absolute Gasteiger partial charge is 0.417 e. The highest BCUT2D eigenvalue weighted by Crippen LogP contribution is 2.36. The maximum Gasteiger partial charge on any atom is 0.191 e. The van der Waals surface area contributed by atoms with Gasteiger partial charge in [-0.1, -0.05) is 39.0 Å². The zero-order valence-corrected chi connectivity index (χ0v) is 15.7. The molecule has 0 unspecified atom stereocenters. The molecule has 0 spiro atoms. The molecule has 0 N–H and O–H groups in total. The Kier molecular flexibility index (Phi) is 6.19. The average Bonchev–Trinajstić information content (AvgIpc) is 2.38. The first kappa shape index (κ1) is 18.4. The third kappa shape index (κ3) is 5.56. The molecule has 0 fully saturated rings. The second kappa shape index (κ2) is 7.07. The normalized spacial score (nSPS) is 13.4. The molecule has 1 aromatic rings. The van der Waals surface area contributed by atoms with Gasteiger partial charge in [0.05, 0.1) is 10.6 Å². The fourth-order valence-corrected chi connectivity index (χ4v) is 4.16. The molecule has 0 saturated carbocycles. The van der Waals surface area contributed by atoms with E-state index in [1.807, 2.05) is 6.07 Å². The SMILES string of the molecule is CC(C)(C)[Si](C)(C)OCCCCS(=O)(=O)c1ccccc1. The Balaban J connectivity index is 2.39. The number of benzene rings is 1. The second-order valence-electron chi connectivity index (χ2n) is 6.95. The van der Waals surface area contributed by atoms with E-state index in [2.05, 4.69) is 33.9 Å². The van der Waals surface area contributed by atoms with Gasteiger partial charge in [-0.05, 0) is 43.1 Å². The van der Waals surface area contributed by atoms with Gasteiger partial charge in [-0.15, -0.1) is 0 Å². The van der Waals surface area contributed by atoms with Crippen LogP contribution in [0.5, 0.6) is 0 Å². The van der Waals surface area contributed by atoms with Gasteiger partial charge in [0.2, 0.25) is 0 Å². The smallest absolute Gasteiger partial charge is 0.191 e. The Morgan fingerprint density at radius 2 is 1.62 bits per heavy atom. The maximum absolute atomic E-state index is 12.1. The monoisotopic (exact) mass is 328 g/mol. The molecule has 0 aliphatic carbocycles. The standard InChI is InChI=1S/C16H28O3SSi/c1-16(2,3)21(4,5)19-13-9-10-14-20(17,18)15-11-7-6-8-12-15/h6-8,11-12H,9-10,13-14H2,1-5H3. The summed E-state index contributed by atoms with van der Waals surface area (Å²) in [6.45, 7) is 11.7. The summed E-state index contributed by atoms with van der Waals surface area (Å²) in [6, 6.07) is 8.65. The summed E-state index contributed by atoms with van der Waals surface area (Å²) in [4.78, 5) is 0.412. The summed E-state index contributed by atoms with van der Waals surface area (Å²) in [5.41, 5.74) is 0. The topological polar surface area (TPSA) is 43.4 Å². The van der Waals surface area contributed by atoms with Gasteiger partial charge in [-0.2, -0.15) is 0 Å². The number of unbranched alkanes of at least 4 members (excludes halogenated alkanes) is 1. The fourth-order valence-electron chi connectivity index (χ4n) is 1.68. The lowest BCUT2D eigenvalue weighted by Gasteiger charge is -2.36. The van der Waals surface area contributed by atoms with Crippen LogP contribution in [-0.4, -0.2) is 29.1 Å². The summed E-state index contributed by atoms with van der Waals surface area (Å²) < 4.78 is 30.3. The molecule has 1 rings (SSSR count). The molecule has 0 atom stereocenters. The first-order valence-corrected chi connectivity index (χ1v) is 12.0. The van der Waals surface area contributed by atoms with E-state index in [0.717, 1.165) is 6.42 Å². The molecule has 3 nitrogen and oxygen atoms in total. The van der Waals surface area contributed by atoms with Crippen molar-refractivity contribution in [1.82, 2.24) is 0 Å². The lowest BCUT2D eigenvalue weighted by Crippen LogP contribution is -2.41. The summed E-state index contributed by atoms with van der Waals surface area (Å²) in [7, 11) is -4.86. The van der Waals surface area contributed by atoms with Gasteiger partial charge in [0.15, 0.2) is 18.2 Å². The molecule has 0 aliphatic rings. The molecule has 0 heterocycles. The van der Waals surface area contributed by atoms with Crippen LogP contribution in [0.25, 0.3) is 0 Å². The Morgan fingerprint density at radius 3 is 2.14 bits per heavy atom. The summed E-state index contributed by atoms with van der Waals surface area (Å²) >= 11 is 0. The average molecular weight is 329 g/mol. The van der Waals surface area contributed by atoms with Gasteiger partial charge < -0.3 is 4.43 Å². The van der Waals surface area contributed by atoms with Crippen LogP contribution < -0.4 is 0 Å². The predicted molar refractivity (Wildman–Crippen MR) is 90.9 cm³/mol. The number of hydrogen-bond donors (Lipinski definition) is 0. The van der Waals surface area contributed by atoms with E-state index in [1.165, 1.54) is 0 Å². The third-order valence-corrected chi connectivity index (χ3v) is 10.5. The van der Waals surface area contributed by atoms with Crippen molar-refractivity contribution in [2.45, 2.75) is 56.6 Å². The molecule has 0 radical (unpaired) electrons. The molecule has 0 bridgehead atoms. The van der Waals surface area contributed by atoms with Crippen LogP contribution in [0.15, 0.2) is 35.2 Å². The molecule has 1 aromatic carbocycles. The second-order valence-corrected chi connectivity index (χ2v) is 13.9. The quantitative estimate of drug-likeness (QED) is 0.555. The van der Waals surface area contributed by atoms with Crippen molar-refractivity contribution in [3.8, 4) is 0 Å². The number of sulfone groups is 1. The first-order chi connectivity index (χ1) is 9.56. The Bertz CT molecular complexity index is 530. The first-order valence-electron chi connectivity index (χ1n) is 7.48. The van der Waals surface area contributed by atoms with Gasteiger partial charge in [0, 0.05) is 6.61 Å². The fraction of sp³-hybridized carbons (Fsp3) is 0.625. The zero-order valence-electron chi connectivity index (χ0n) is 13.8. The van der Waals surface area contributed by atoms with Crippen molar-refractivity contribution >= 4 is 18.2 Å². The number of hydrogen-bond acceptors (Lipinski definition) is 3. The molecular weight excluding hydrogens is 300 g/mol. The minimum atomic E-state index is -3.15. The van der Waals surface area contributed by atoms with Crippen LogP contribution in [0, 0.1) is 0 Å². The van der Waals surface area contributed by atoms with Crippen molar-refractivity contribution in [2.24, 2.45) is 0 Å². The van der Waals surface area contributed by atoms with Crippen LogP contribution in [0.3, 0.4) is 0 Å². The van der Waals surface area contributed by atoms with Crippen LogP contribution in [0.2, 0.25) is 18.1 Å². The Labute approximate surface area is 130 Å². The Morgan fingerprint density at radius 1 is 1.05 bits per heavy atom. The third-order valence-electron chi connectivity index (χ3n) is 4.18. The van der Waals surface area contributed by atoms with Crippen molar-refractivity contribution in [3.63, 3.8) is 0 Å². The van der Waals surface area contributed by atoms with E-state index < -0.39 is 18.2 Å². The van der Waals surface area contributed by atoms with Crippen LogP contribution in [0.1, 0.15) is 33.6 Å². The van der Waals surface area contributed by atoms with Crippen LogP contribution in [-0.2, 0) is 14.3 Å². The van der Waals surface area contributed by atoms with Gasteiger partial charge in [-0.3, -0.25) is 0 Å². The van der Waals surface area contributed by atoms with Crippen molar-refractivity contribution in [1.29, 1.82) is 0 Å². The Hall–Kier alpha value is -0.653. The maximum atomic E-state index is 12.1. The summed E-state index contributed by atoms with van der Waals surface area (Å²) in [6.07, 6.45) is 1.43. The molecule has 0 saturated heterocycles. The predicted octanol–water partition coefficient (Wildman–Crippen LogP) is 4.26. The highest BCUT2D eigenvalue weighted by Gasteiger charge is 2.36. The van der Waals surface area contributed by atoms with E-state index in [-0.39, 0.29) is 10.8 Å². The summed E-state index contributed by atoms with van der Waals surface area (Å²) in [5, 5.41) is 0.198. The van der Waals surface area contributed by atoms with Gasteiger partial charge >= 0.3 is 0 Å². The highest BCUT2D eigenvalue weighted by molar-refractivity contribution is 7.91. The summed E-state index contributed by atoms with van der Waals surface area (Å²) in [5.74, 6) is 0.192.